The summed E-state index contributed by atoms with van der Waals surface area (Å²) in [5, 5.41) is 15.1. The van der Waals surface area contributed by atoms with Gasteiger partial charge in [-0.05, 0) is 0 Å². The molecule has 1 saturated heterocycles. The number of rotatable bonds is 3. The van der Waals surface area contributed by atoms with Gasteiger partial charge < -0.3 is 5.32 Å². The first-order chi connectivity index (χ1) is 9.22. The van der Waals surface area contributed by atoms with E-state index in [2.05, 4.69) is 25.6 Å². The number of aryl methyl sites for hydroxylation is 1. The number of amides is 1. The highest BCUT2D eigenvalue weighted by atomic mass is 16.2. The van der Waals surface area contributed by atoms with E-state index in [1.807, 2.05) is 19.3 Å². The Hall–Kier alpha value is -2.22. The van der Waals surface area contributed by atoms with Crippen molar-refractivity contribution < 1.29 is 4.79 Å². The van der Waals surface area contributed by atoms with Crippen molar-refractivity contribution in [2.75, 3.05) is 19.6 Å². The SMILES string of the molecule is Cn1nccc1-n1cc(CN2CCNC(=O)C2)nn1. The van der Waals surface area contributed by atoms with Gasteiger partial charge in [0.2, 0.25) is 5.91 Å². The van der Waals surface area contributed by atoms with Gasteiger partial charge in [0.1, 0.15) is 0 Å². The highest BCUT2D eigenvalue weighted by Crippen LogP contribution is 2.07. The van der Waals surface area contributed by atoms with Gasteiger partial charge in [-0.2, -0.15) is 5.10 Å². The molecule has 1 N–H and O–H groups in total. The Kier molecular flexibility index (Phi) is 3.00. The molecule has 1 aliphatic heterocycles. The molecule has 19 heavy (non-hydrogen) atoms. The van der Waals surface area contributed by atoms with Gasteiger partial charge in [0, 0.05) is 32.7 Å². The first-order valence-corrected chi connectivity index (χ1v) is 6.11. The number of nitrogens with zero attached hydrogens (tertiary/aromatic N) is 6. The number of hydrogen-bond acceptors (Lipinski definition) is 5. The molecule has 1 amide bonds. The molecule has 0 saturated carbocycles. The van der Waals surface area contributed by atoms with Crippen molar-refractivity contribution in [3.8, 4) is 5.82 Å². The molecule has 0 spiro atoms. The van der Waals surface area contributed by atoms with E-state index in [1.54, 1.807) is 15.6 Å². The highest BCUT2D eigenvalue weighted by Gasteiger charge is 2.17. The fourth-order valence-corrected chi connectivity index (χ4v) is 2.13. The van der Waals surface area contributed by atoms with Crippen molar-refractivity contribution in [1.82, 2.24) is 35.0 Å². The van der Waals surface area contributed by atoms with Crippen LogP contribution < -0.4 is 5.32 Å². The van der Waals surface area contributed by atoms with Crippen LogP contribution in [0.4, 0.5) is 0 Å². The molecule has 1 aliphatic rings. The Morgan fingerprint density at radius 2 is 2.37 bits per heavy atom. The maximum absolute atomic E-state index is 11.3. The van der Waals surface area contributed by atoms with Gasteiger partial charge >= 0.3 is 0 Å². The highest BCUT2D eigenvalue weighted by molar-refractivity contribution is 5.78. The van der Waals surface area contributed by atoms with Crippen molar-refractivity contribution in [3.63, 3.8) is 0 Å². The number of hydrogen-bond donors (Lipinski definition) is 1. The zero-order chi connectivity index (χ0) is 13.2. The second-order valence-corrected chi connectivity index (χ2v) is 4.53. The third kappa shape index (κ3) is 2.48. The Labute approximate surface area is 110 Å². The maximum Gasteiger partial charge on any atom is 0.234 e. The minimum Gasteiger partial charge on any atom is -0.354 e. The molecular weight excluding hydrogens is 246 g/mol. The predicted octanol–water partition coefficient (Wildman–Crippen LogP) is -1.07. The third-order valence-corrected chi connectivity index (χ3v) is 3.07. The van der Waals surface area contributed by atoms with Crippen LogP contribution >= 0.6 is 0 Å². The van der Waals surface area contributed by atoms with E-state index in [-0.39, 0.29) is 5.91 Å². The number of carbonyl (C=O) groups excluding carboxylic acids is 1. The van der Waals surface area contributed by atoms with Crippen molar-refractivity contribution in [2.45, 2.75) is 6.54 Å². The molecule has 0 aliphatic carbocycles. The second kappa shape index (κ2) is 4.81. The van der Waals surface area contributed by atoms with Crippen LogP contribution in [0.2, 0.25) is 0 Å². The number of carbonyl (C=O) groups is 1. The van der Waals surface area contributed by atoms with E-state index in [1.165, 1.54) is 0 Å². The fourth-order valence-electron chi connectivity index (χ4n) is 2.13. The molecule has 8 nitrogen and oxygen atoms in total. The van der Waals surface area contributed by atoms with E-state index < -0.39 is 0 Å². The molecule has 0 bridgehead atoms. The van der Waals surface area contributed by atoms with Gasteiger partial charge in [-0.15, -0.1) is 5.10 Å². The van der Waals surface area contributed by atoms with Crippen LogP contribution in [0, 0.1) is 0 Å². The van der Waals surface area contributed by atoms with E-state index in [0.29, 0.717) is 19.6 Å². The molecule has 2 aromatic rings. The summed E-state index contributed by atoms with van der Waals surface area (Å²) < 4.78 is 3.42. The van der Waals surface area contributed by atoms with E-state index in [4.69, 9.17) is 0 Å². The topological polar surface area (TPSA) is 80.9 Å². The Bertz CT molecular complexity index is 587. The summed E-state index contributed by atoms with van der Waals surface area (Å²) >= 11 is 0. The molecule has 2 aromatic heterocycles. The molecule has 0 aromatic carbocycles. The Morgan fingerprint density at radius 3 is 3.11 bits per heavy atom. The van der Waals surface area contributed by atoms with E-state index >= 15 is 0 Å². The van der Waals surface area contributed by atoms with Crippen molar-refractivity contribution in [1.29, 1.82) is 0 Å². The molecule has 3 heterocycles. The van der Waals surface area contributed by atoms with Gasteiger partial charge in [-0.3, -0.25) is 14.4 Å². The number of nitrogens with one attached hydrogen (secondary N) is 1. The lowest BCUT2D eigenvalue weighted by Crippen LogP contribution is -2.47. The summed E-state index contributed by atoms with van der Waals surface area (Å²) in [6.45, 7) is 2.57. The summed E-state index contributed by atoms with van der Waals surface area (Å²) in [5.41, 5.74) is 0.843. The van der Waals surface area contributed by atoms with E-state index in [0.717, 1.165) is 18.1 Å². The molecule has 0 radical (unpaired) electrons. The van der Waals surface area contributed by atoms with Crippen molar-refractivity contribution >= 4 is 5.91 Å². The fraction of sp³-hybridized carbons (Fsp3) is 0.455. The Balaban J connectivity index is 1.71. The smallest absolute Gasteiger partial charge is 0.234 e. The lowest BCUT2D eigenvalue weighted by molar-refractivity contribution is -0.124. The first kappa shape index (κ1) is 11.8. The second-order valence-electron chi connectivity index (χ2n) is 4.53. The lowest BCUT2D eigenvalue weighted by Gasteiger charge is -2.25. The Morgan fingerprint density at radius 1 is 1.47 bits per heavy atom. The maximum atomic E-state index is 11.3. The number of piperazine rings is 1. The zero-order valence-electron chi connectivity index (χ0n) is 10.7. The first-order valence-electron chi connectivity index (χ1n) is 6.11. The predicted molar refractivity (Wildman–Crippen MR) is 66.4 cm³/mol. The molecule has 3 rings (SSSR count). The van der Waals surface area contributed by atoms with Crippen LogP contribution in [0.5, 0.6) is 0 Å². The van der Waals surface area contributed by atoms with Crippen molar-refractivity contribution in [3.05, 3.63) is 24.2 Å². The standard InChI is InChI=1S/C11H15N7O/c1-16-11(2-3-13-16)18-7-9(14-15-18)6-17-5-4-12-10(19)8-17/h2-3,7H,4-6,8H2,1H3,(H,12,19). The quantitative estimate of drug-likeness (QED) is 0.761. The zero-order valence-corrected chi connectivity index (χ0v) is 10.7. The van der Waals surface area contributed by atoms with Crippen LogP contribution in [-0.2, 0) is 18.4 Å². The van der Waals surface area contributed by atoms with Crippen molar-refractivity contribution in [2.24, 2.45) is 7.05 Å². The van der Waals surface area contributed by atoms with Gasteiger partial charge in [0.25, 0.3) is 0 Å². The van der Waals surface area contributed by atoms with Gasteiger partial charge in [-0.1, -0.05) is 5.21 Å². The van der Waals surface area contributed by atoms with Gasteiger partial charge in [-0.25, -0.2) is 4.68 Å². The normalized spacial score (nSPS) is 16.6. The van der Waals surface area contributed by atoms with E-state index in [9.17, 15) is 4.79 Å². The van der Waals surface area contributed by atoms with Crippen LogP contribution in [0.15, 0.2) is 18.5 Å². The lowest BCUT2D eigenvalue weighted by atomic mass is 10.3. The van der Waals surface area contributed by atoms with Gasteiger partial charge in [0.15, 0.2) is 5.82 Å². The molecule has 0 unspecified atom stereocenters. The molecule has 1 fully saturated rings. The van der Waals surface area contributed by atoms with Gasteiger partial charge in [0.05, 0.1) is 24.6 Å². The molecular formula is C11H15N7O. The monoisotopic (exact) mass is 261 g/mol. The summed E-state index contributed by atoms with van der Waals surface area (Å²) in [5.74, 6) is 0.917. The average Bonchev–Trinajstić information content (AvgIpc) is 2.98. The third-order valence-electron chi connectivity index (χ3n) is 3.07. The van der Waals surface area contributed by atoms with Crippen LogP contribution in [0.25, 0.3) is 5.82 Å². The van der Waals surface area contributed by atoms with Crippen LogP contribution in [0.1, 0.15) is 5.69 Å². The largest absolute Gasteiger partial charge is 0.354 e. The summed E-state index contributed by atoms with van der Waals surface area (Å²) in [7, 11) is 1.85. The summed E-state index contributed by atoms with van der Waals surface area (Å²) in [6, 6.07) is 1.87. The summed E-state index contributed by atoms with van der Waals surface area (Å²) in [6.07, 6.45) is 3.58. The van der Waals surface area contributed by atoms with Crippen LogP contribution in [-0.4, -0.2) is 55.2 Å². The molecule has 100 valence electrons. The minimum absolute atomic E-state index is 0.0604. The molecule has 8 heteroatoms. The average molecular weight is 261 g/mol. The number of aromatic nitrogens is 5. The summed E-state index contributed by atoms with van der Waals surface area (Å²) in [4.78, 5) is 13.3. The molecule has 0 atom stereocenters. The van der Waals surface area contributed by atoms with Crippen LogP contribution in [0.3, 0.4) is 0 Å². The minimum atomic E-state index is 0.0604.